The SMILES string of the molecule is CC(=O)C(=[NH2+])c1cc(OCc2nccc(C)n2)ccc1NCC(=O)N1CCC[C@H]1C(=O)NC[C@H]1CC1(Cl)Cl. The number of nitrogens with one attached hydrogen (secondary N) is 2. The average Bonchev–Trinajstić information content (AvgIpc) is 3.25. The quantitative estimate of drug-likeness (QED) is 0.277. The number of halogens is 2. The van der Waals surface area contributed by atoms with E-state index in [9.17, 15) is 14.4 Å². The standard InChI is InChI=1S/C26H30Cl2N6O4/c1-15-7-8-30-22(33-15)14-38-18-5-6-20(19(10-18)24(29)16(2)35)31-13-23(36)34-9-3-4-21(34)25(37)32-12-17-11-26(17,27)28/h5-8,10,17,21,29,31H,3-4,9,11-14H2,1-2H3,(H,32,37)/p+1/t17-,21+/m1/s1. The average molecular weight is 562 g/mol. The second-order valence-corrected chi connectivity index (χ2v) is 11.1. The molecule has 0 bridgehead atoms. The van der Waals surface area contributed by atoms with E-state index in [4.69, 9.17) is 33.3 Å². The lowest BCUT2D eigenvalue weighted by Gasteiger charge is -2.24. The summed E-state index contributed by atoms with van der Waals surface area (Å²) in [6.07, 6.45) is 3.61. The normalized spacial score (nSPS) is 19.5. The first kappa shape index (κ1) is 27.8. The minimum Gasteiger partial charge on any atom is -0.486 e. The van der Waals surface area contributed by atoms with Gasteiger partial charge in [-0.05, 0) is 50.5 Å². The number of amides is 2. The Labute approximate surface area is 231 Å². The van der Waals surface area contributed by atoms with Gasteiger partial charge in [0.1, 0.15) is 22.7 Å². The third kappa shape index (κ3) is 6.79. The first-order valence-corrected chi connectivity index (χ1v) is 13.2. The number of carbonyl (C=O) groups is 3. The maximum absolute atomic E-state index is 13.1. The van der Waals surface area contributed by atoms with E-state index >= 15 is 0 Å². The van der Waals surface area contributed by atoms with Crippen LogP contribution in [0, 0.1) is 12.8 Å². The fourth-order valence-electron chi connectivity index (χ4n) is 4.34. The van der Waals surface area contributed by atoms with Gasteiger partial charge in [-0.2, -0.15) is 0 Å². The highest BCUT2D eigenvalue weighted by molar-refractivity contribution is 6.50. The Morgan fingerprint density at radius 1 is 1.26 bits per heavy atom. The molecule has 12 heteroatoms. The first-order valence-electron chi connectivity index (χ1n) is 12.4. The Morgan fingerprint density at radius 3 is 2.71 bits per heavy atom. The third-order valence-corrected chi connectivity index (χ3v) is 7.58. The lowest BCUT2D eigenvalue weighted by molar-refractivity contribution is -0.137. The van der Waals surface area contributed by atoms with Crippen LogP contribution in [0.15, 0.2) is 30.5 Å². The molecule has 202 valence electrons. The molecule has 1 aromatic heterocycles. The smallest absolute Gasteiger partial charge is 0.249 e. The van der Waals surface area contributed by atoms with E-state index in [-0.39, 0.29) is 42.4 Å². The molecule has 1 aromatic carbocycles. The topological polar surface area (TPSA) is 139 Å². The van der Waals surface area contributed by atoms with Crippen molar-refractivity contribution in [3.05, 3.63) is 47.5 Å². The number of alkyl halides is 2. The van der Waals surface area contributed by atoms with Crippen molar-refractivity contribution in [1.29, 1.82) is 0 Å². The zero-order chi connectivity index (χ0) is 27.4. The van der Waals surface area contributed by atoms with Crippen LogP contribution in [0.3, 0.4) is 0 Å². The molecule has 0 unspecified atom stereocenters. The van der Waals surface area contributed by atoms with Gasteiger partial charge in [0.15, 0.2) is 5.82 Å². The number of ether oxygens (including phenoxy) is 1. The molecule has 38 heavy (non-hydrogen) atoms. The van der Waals surface area contributed by atoms with E-state index in [1.54, 1.807) is 35.4 Å². The number of Topliss-reactive ketones (excluding diaryl/α,β-unsaturated/α-hetero) is 1. The summed E-state index contributed by atoms with van der Waals surface area (Å²) < 4.78 is 5.04. The Bertz CT molecular complexity index is 1250. The number of hydrogen-bond acceptors (Lipinski definition) is 7. The van der Waals surface area contributed by atoms with Crippen molar-refractivity contribution >= 4 is 52.2 Å². The van der Waals surface area contributed by atoms with Crippen LogP contribution >= 0.6 is 23.2 Å². The number of anilines is 1. The Balaban J connectivity index is 1.38. The van der Waals surface area contributed by atoms with Crippen molar-refractivity contribution in [2.24, 2.45) is 5.92 Å². The van der Waals surface area contributed by atoms with E-state index < -0.39 is 10.4 Å². The van der Waals surface area contributed by atoms with Crippen LogP contribution in [0.1, 0.15) is 43.3 Å². The molecule has 2 aliphatic rings. The van der Waals surface area contributed by atoms with E-state index in [2.05, 4.69) is 20.6 Å². The molecule has 10 nitrogen and oxygen atoms in total. The molecular weight excluding hydrogens is 531 g/mol. The highest BCUT2D eigenvalue weighted by Gasteiger charge is 2.51. The van der Waals surface area contributed by atoms with Gasteiger partial charge < -0.3 is 20.3 Å². The second kappa shape index (κ2) is 11.7. The molecule has 2 aromatic rings. The fourth-order valence-corrected chi connectivity index (χ4v) is 4.87. The molecule has 0 spiro atoms. The van der Waals surface area contributed by atoms with Gasteiger partial charge in [0.2, 0.25) is 23.3 Å². The lowest BCUT2D eigenvalue weighted by atomic mass is 10.0. The van der Waals surface area contributed by atoms with Crippen LogP contribution in [0.25, 0.3) is 0 Å². The molecular formula is C26H31Cl2N6O4+. The lowest BCUT2D eigenvalue weighted by Crippen LogP contribution is -2.48. The predicted molar refractivity (Wildman–Crippen MR) is 143 cm³/mol. The molecule has 4 rings (SSSR count). The number of carbonyl (C=O) groups excluding carboxylic acids is 3. The summed E-state index contributed by atoms with van der Waals surface area (Å²) in [7, 11) is 0. The Kier molecular flexibility index (Phi) is 8.52. The molecule has 0 radical (unpaired) electrons. The van der Waals surface area contributed by atoms with Crippen molar-refractivity contribution in [3.63, 3.8) is 0 Å². The summed E-state index contributed by atoms with van der Waals surface area (Å²) in [5.74, 6) is 0.260. The number of aromatic nitrogens is 2. The van der Waals surface area contributed by atoms with E-state index in [0.29, 0.717) is 48.8 Å². The summed E-state index contributed by atoms with van der Waals surface area (Å²) >= 11 is 12.1. The van der Waals surface area contributed by atoms with Gasteiger partial charge in [-0.1, -0.05) is 0 Å². The van der Waals surface area contributed by atoms with Crippen LogP contribution < -0.4 is 20.8 Å². The summed E-state index contributed by atoms with van der Waals surface area (Å²) in [5.41, 5.74) is 1.77. The molecule has 4 N–H and O–H groups in total. The van der Waals surface area contributed by atoms with Gasteiger partial charge >= 0.3 is 0 Å². The Morgan fingerprint density at radius 2 is 2.03 bits per heavy atom. The monoisotopic (exact) mass is 561 g/mol. The minimum absolute atomic E-state index is 0.0275. The van der Waals surface area contributed by atoms with Gasteiger partial charge in [-0.15, -0.1) is 23.2 Å². The number of rotatable bonds is 11. The molecule has 2 atom stereocenters. The maximum Gasteiger partial charge on any atom is 0.249 e. The number of likely N-dealkylation sites (tertiary alicyclic amines) is 1. The van der Waals surface area contributed by atoms with Crippen LogP contribution in [-0.4, -0.2) is 68.2 Å². The number of aryl methyl sites for hydroxylation is 1. The summed E-state index contributed by atoms with van der Waals surface area (Å²) in [5, 5.41) is 12.0. The molecule has 2 fully saturated rings. The molecule has 2 heterocycles. The Hall–Kier alpha value is -3.24. The summed E-state index contributed by atoms with van der Waals surface area (Å²) in [4.78, 5) is 47.9. The van der Waals surface area contributed by atoms with Gasteiger partial charge in [0, 0.05) is 43.5 Å². The summed E-state index contributed by atoms with van der Waals surface area (Å²) in [6, 6.07) is 6.28. The van der Waals surface area contributed by atoms with Gasteiger partial charge in [-0.25, -0.2) is 9.97 Å². The molecule has 1 aliphatic heterocycles. The number of nitrogens with zero attached hydrogens (tertiary/aromatic N) is 3. The van der Waals surface area contributed by atoms with Gasteiger partial charge in [0.25, 0.3) is 0 Å². The zero-order valence-electron chi connectivity index (χ0n) is 21.3. The molecule has 1 saturated carbocycles. The number of benzene rings is 1. The van der Waals surface area contributed by atoms with Gasteiger partial charge in [-0.3, -0.25) is 19.8 Å². The van der Waals surface area contributed by atoms with Crippen molar-refractivity contribution < 1.29 is 24.5 Å². The van der Waals surface area contributed by atoms with Crippen LogP contribution in [0.2, 0.25) is 0 Å². The number of hydrogen-bond donors (Lipinski definition) is 3. The highest BCUT2D eigenvalue weighted by atomic mass is 35.5. The predicted octanol–water partition coefficient (Wildman–Crippen LogP) is 1.21. The fraction of sp³-hybridized carbons (Fsp3) is 0.462. The van der Waals surface area contributed by atoms with Crippen LogP contribution in [-0.2, 0) is 21.0 Å². The third-order valence-electron chi connectivity index (χ3n) is 6.66. The van der Waals surface area contributed by atoms with E-state index in [0.717, 1.165) is 12.1 Å². The first-order chi connectivity index (χ1) is 18.0. The van der Waals surface area contributed by atoms with Crippen LogP contribution in [0.4, 0.5) is 5.69 Å². The number of nitrogens with two attached hydrogens (primary N) is 1. The van der Waals surface area contributed by atoms with Crippen molar-refractivity contribution in [2.75, 3.05) is 25.0 Å². The molecule has 1 saturated heterocycles. The number of ketones is 1. The minimum atomic E-state index is -0.770. The summed E-state index contributed by atoms with van der Waals surface area (Å²) in [6.45, 7) is 4.17. The maximum atomic E-state index is 13.1. The van der Waals surface area contributed by atoms with Crippen molar-refractivity contribution in [3.8, 4) is 5.75 Å². The van der Waals surface area contributed by atoms with Crippen molar-refractivity contribution in [2.45, 2.75) is 50.1 Å². The van der Waals surface area contributed by atoms with Crippen molar-refractivity contribution in [1.82, 2.24) is 20.2 Å². The molecule has 1 aliphatic carbocycles. The van der Waals surface area contributed by atoms with E-state index in [1.165, 1.54) is 6.92 Å². The second-order valence-electron chi connectivity index (χ2n) is 9.59. The van der Waals surface area contributed by atoms with Crippen LogP contribution in [0.5, 0.6) is 5.75 Å². The largest absolute Gasteiger partial charge is 0.486 e. The van der Waals surface area contributed by atoms with Gasteiger partial charge in [0.05, 0.1) is 12.1 Å². The zero-order valence-corrected chi connectivity index (χ0v) is 22.8. The molecule has 2 amide bonds. The van der Waals surface area contributed by atoms with E-state index in [1.807, 2.05) is 6.92 Å². The highest BCUT2D eigenvalue weighted by Crippen LogP contribution is 2.52.